The molecule has 114 valence electrons. The normalized spacial score (nSPS) is 10.4. The molecule has 0 atom stereocenters. The van der Waals surface area contributed by atoms with Crippen molar-refractivity contribution in [3.8, 4) is 34.3 Å². The number of aromatic hydroxyl groups is 4. The molecule has 0 spiro atoms. The summed E-state index contributed by atoms with van der Waals surface area (Å²) in [6.07, 6.45) is 0. The SMILES string of the molecule is Br.O=c1c(O)c(-c2ccc(O)cc2)[nH]c2cc(O)c(O)cc12. The van der Waals surface area contributed by atoms with Crippen LogP contribution in [-0.2, 0) is 0 Å². The number of phenolic OH excluding ortho intramolecular Hbond substituents is 3. The van der Waals surface area contributed by atoms with Crippen LogP contribution in [0.25, 0.3) is 22.2 Å². The first-order valence-electron chi connectivity index (χ1n) is 6.07. The number of phenols is 3. The van der Waals surface area contributed by atoms with Crippen molar-refractivity contribution in [3.63, 3.8) is 0 Å². The molecule has 0 aliphatic carbocycles. The maximum Gasteiger partial charge on any atom is 0.231 e. The van der Waals surface area contributed by atoms with Gasteiger partial charge < -0.3 is 25.4 Å². The summed E-state index contributed by atoms with van der Waals surface area (Å²) in [5, 5.41) is 38.3. The van der Waals surface area contributed by atoms with Crippen LogP contribution in [0.1, 0.15) is 0 Å². The Hall–Kier alpha value is -2.67. The van der Waals surface area contributed by atoms with Crippen LogP contribution in [0.4, 0.5) is 0 Å². The van der Waals surface area contributed by atoms with Crippen molar-refractivity contribution in [3.05, 3.63) is 46.6 Å². The smallest absolute Gasteiger partial charge is 0.231 e. The molecule has 1 heterocycles. The highest BCUT2D eigenvalue weighted by Gasteiger charge is 2.14. The van der Waals surface area contributed by atoms with Gasteiger partial charge in [0.05, 0.1) is 16.6 Å². The van der Waals surface area contributed by atoms with Crippen molar-refractivity contribution in [2.75, 3.05) is 0 Å². The van der Waals surface area contributed by atoms with Crippen molar-refractivity contribution in [2.45, 2.75) is 0 Å². The number of nitrogens with one attached hydrogen (secondary N) is 1. The van der Waals surface area contributed by atoms with Crippen molar-refractivity contribution in [2.24, 2.45) is 0 Å². The number of aromatic nitrogens is 1. The van der Waals surface area contributed by atoms with E-state index in [0.29, 0.717) is 5.56 Å². The van der Waals surface area contributed by atoms with E-state index in [-0.39, 0.29) is 45.1 Å². The summed E-state index contributed by atoms with van der Waals surface area (Å²) in [5.74, 6) is -1.26. The monoisotopic (exact) mass is 365 g/mol. The van der Waals surface area contributed by atoms with Gasteiger partial charge in [0.25, 0.3) is 0 Å². The molecule has 0 aliphatic rings. The van der Waals surface area contributed by atoms with Gasteiger partial charge >= 0.3 is 0 Å². The van der Waals surface area contributed by atoms with E-state index in [0.717, 1.165) is 6.07 Å². The lowest BCUT2D eigenvalue weighted by atomic mass is 10.1. The first-order chi connectivity index (χ1) is 9.97. The fourth-order valence-electron chi connectivity index (χ4n) is 2.14. The Balaban J connectivity index is 0.00000176. The molecule has 0 saturated carbocycles. The molecule has 1 aromatic heterocycles. The second-order valence-corrected chi connectivity index (χ2v) is 4.61. The molecule has 0 unspecified atom stereocenters. The van der Waals surface area contributed by atoms with Crippen LogP contribution in [0.15, 0.2) is 41.2 Å². The van der Waals surface area contributed by atoms with E-state index in [2.05, 4.69) is 4.98 Å². The predicted octanol–water partition coefficient (Wildman–Crippen LogP) is 2.60. The molecule has 0 bridgehead atoms. The Morgan fingerprint density at radius 3 is 2.09 bits per heavy atom. The lowest BCUT2D eigenvalue weighted by molar-refractivity contribution is 0.404. The second kappa shape index (κ2) is 5.61. The summed E-state index contributed by atoms with van der Waals surface area (Å²) in [6.45, 7) is 0. The summed E-state index contributed by atoms with van der Waals surface area (Å²) >= 11 is 0. The highest BCUT2D eigenvalue weighted by atomic mass is 79.9. The van der Waals surface area contributed by atoms with Crippen LogP contribution >= 0.6 is 17.0 Å². The molecular weight excluding hydrogens is 354 g/mol. The number of rotatable bonds is 1. The zero-order valence-corrected chi connectivity index (χ0v) is 12.8. The zero-order chi connectivity index (χ0) is 15.1. The second-order valence-electron chi connectivity index (χ2n) is 4.61. The lowest BCUT2D eigenvalue weighted by Crippen LogP contribution is -2.04. The van der Waals surface area contributed by atoms with Gasteiger partial charge in [-0.1, -0.05) is 0 Å². The molecule has 3 aromatic rings. The quantitative estimate of drug-likeness (QED) is 0.425. The van der Waals surface area contributed by atoms with E-state index in [9.17, 15) is 25.2 Å². The Morgan fingerprint density at radius 2 is 1.45 bits per heavy atom. The van der Waals surface area contributed by atoms with Gasteiger partial charge in [-0.25, -0.2) is 0 Å². The third-order valence-corrected chi connectivity index (χ3v) is 3.23. The molecule has 0 aliphatic heterocycles. The summed E-state index contributed by atoms with van der Waals surface area (Å²) < 4.78 is 0. The third-order valence-electron chi connectivity index (χ3n) is 3.23. The first-order valence-corrected chi connectivity index (χ1v) is 6.07. The summed E-state index contributed by atoms with van der Waals surface area (Å²) in [7, 11) is 0. The number of benzene rings is 2. The Labute approximate surface area is 134 Å². The minimum absolute atomic E-state index is 0. The van der Waals surface area contributed by atoms with Gasteiger partial charge in [-0.2, -0.15) is 0 Å². The minimum atomic E-state index is -0.665. The zero-order valence-electron chi connectivity index (χ0n) is 11.1. The van der Waals surface area contributed by atoms with Crippen molar-refractivity contribution >= 4 is 27.9 Å². The Kier molecular flexibility index (Phi) is 4.01. The fourth-order valence-corrected chi connectivity index (χ4v) is 2.14. The first kappa shape index (κ1) is 15.7. The van der Waals surface area contributed by atoms with Gasteiger partial charge in [-0.15, -0.1) is 17.0 Å². The van der Waals surface area contributed by atoms with Crippen LogP contribution in [0, 0.1) is 0 Å². The molecule has 3 rings (SSSR count). The van der Waals surface area contributed by atoms with E-state index in [1.807, 2.05) is 0 Å². The van der Waals surface area contributed by atoms with E-state index in [1.54, 1.807) is 0 Å². The van der Waals surface area contributed by atoms with Gasteiger partial charge in [0.15, 0.2) is 17.2 Å². The number of halogens is 1. The largest absolute Gasteiger partial charge is 0.508 e. The molecule has 0 radical (unpaired) electrons. The molecule has 5 N–H and O–H groups in total. The fraction of sp³-hybridized carbons (Fsp3) is 0. The van der Waals surface area contributed by atoms with Crippen molar-refractivity contribution in [1.29, 1.82) is 0 Å². The molecule has 6 nitrogen and oxygen atoms in total. The number of fused-ring (bicyclic) bond motifs is 1. The molecular formula is C15H12BrNO5. The van der Waals surface area contributed by atoms with Gasteiger partial charge in [0.2, 0.25) is 5.43 Å². The van der Waals surface area contributed by atoms with Gasteiger partial charge in [0.1, 0.15) is 5.75 Å². The average molecular weight is 366 g/mol. The number of H-pyrrole nitrogens is 1. The minimum Gasteiger partial charge on any atom is -0.508 e. The van der Waals surface area contributed by atoms with Crippen molar-refractivity contribution < 1.29 is 20.4 Å². The highest BCUT2D eigenvalue weighted by molar-refractivity contribution is 8.93. The number of aromatic amines is 1. The average Bonchev–Trinajstić information content (AvgIpc) is 2.46. The third kappa shape index (κ3) is 2.46. The maximum atomic E-state index is 12.1. The van der Waals surface area contributed by atoms with Gasteiger partial charge in [-0.3, -0.25) is 4.79 Å². The van der Waals surface area contributed by atoms with Crippen LogP contribution in [0.5, 0.6) is 23.0 Å². The number of hydrogen-bond acceptors (Lipinski definition) is 5. The molecule has 2 aromatic carbocycles. The van der Waals surface area contributed by atoms with Crippen LogP contribution in [0.2, 0.25) is 0 Å². The number of hydrogen-bond donors (Lipinski definition) is 5. The van der Waals surface area contributed by atoms with Crippen LogP contribution in [-0.4, -0.2) is 25.4 Å². The van der Waals surface area contributed by atoms with Crippen LogP contribution in [0.3, 0.4) is 0 Å². The van der Waals surface area contributed by atoms with Crippen LogP contribution < -0.4 is 5.43 Å². The Morgan fingerprint density at radius 1 is 0.864 bits per heavy atom. The van der Waals surface area contributed by atoms with Gasteiger partial charge in [0, 0.05) is 11.6 Å². The molecule has 7 heteroatoms. The van der Waals surface area contributed by atoms with E-state index in [4.69, 9.17) is 0 Å². The molecule has 22 heavy (non-hydrogen) atoms. The molecule has 0 amide bonds. The van der Waals surface area contributed by atoms with E-state index < -0.39 is 16.9 Å². The standard InChI is InChI=1S/C15H11NO5.BrH/c17-8-3-1-7(2-4-8)13-15(21)14(20)9-5-11(18)12(19)6-10(9)16-13;/h1-6,17-19,21H,(H,16,20);1H. The highest BCUT2D eigenvalue weighted by Crippen LogP contribution is 2.32. The predicted molar refractivity (Wildman–Crippen MR) is 87.0 cm³/mol. The van der Waals surface area contributed by atoms with Crippen molar-refractivity contribution in [1.82, 2.24) is 4.98 Å². The van der Waals surface area contributed by atoms with E-state index >= 15 is 0 Å². The summed E-state index contributed by atoms with van der Waals surface area (Å²) in [4.78, 5) is 15.0. The topological polar surface area (TPSA) is 114 Å². The molecule has 0 fully saturated rings. The maximum absolute atomic E-state index is 12.1. The summed E-state index contributed by atoms with van der Waals surface area (Å²) in [5.41, 5.74) is 0.271. The van der Waals surface area contributed by atoms with Gasteiger partial charge in [-0.05, 0) is 30.3 Å². The van der Waals surface area contributed by atoms with E-state index in [1.165, 1.54) is 30.3 Å². The molecule has 0 saturated heterocycles. The number of pyridine rings is 1. The lowest BCUT2D eigenvalue weighted by Gasteiger charge is -2.08. The summed E-state index contributed by atoms with van der Waals surface area (Å²) in [6, 6.07) is 8.20. The Bertz CT molecular complexity index is 902.